The molecule has 1 atom stereocenters. The molecule has 23 heavy (non-hydrogen) atoms. The van der Waals surface area contributed by atoms with Crippen LogP contribution in [0.15, 0.2) is 48.8 Å². The third-order valence-electron chi connectivity index (χ3n) is 3.82. The van der Waals surface area contributed by atoms with Crippen molar-refractivity contribution >= 4 is 22.7 Å². The van der Waals surface area contributed by atoms with Crippen LogP contribution in [0.2, 0.25) is 0 Å². The van der Waals surface area contributed by atoms with Crippen molar-refractivity contribution in [1.82, 2.24) is 15.0 Å². The molecule has 0 amide bonds. The Morgan fingerprint density at radius 2 is 1.91 bits per heavy atom. The van der Waals surface area contributed by atoms with Crippen LogP contribution in [-0.4, -0.2) is 26.6 Å². The first-order chi connectivity index (χ1) is 11.1. The van der Waals surface area contributed by atoms with Crippen molar-refractivity contribution in [1.29, 1.82) is 0 Å². The van der Waals surface area contributed by atoms with E-state index in [1.165, 1.54) is 6.33 Å². The van der Waals surface area contributed by atoms with Gasteiger partial charge in [-0.1, -0.05) is 30.3 Å². The maximum Gasteiger partial charge on any atom is 0.166 e. The molecule has 0 radical (unpaired) electrons. The molecule has 0 bridgehead atoms. The van der Waals surface area contributed by atoms with E-state index in [4.69, 9.17) is 5.73 Å². The average Bonchev–Trinajstić information content (AvgIpc) is 2.55. The predicted molar refractivity (Wildman–Crippen MR) is 90.9 cm³/mol. The van der Waals surface area contributed by atoms with Gasteiger partial charge in [0.25, 0.3) is 0 Å². The number of aliphatic hydroxyl groups is 1. The molecule has 0 saturated carbocycles. The summed E-state index contributed by atoms with van der Waals surface area (Å²) in [6, 6.07) is 13.2. The molecule has 2 heterocycles. The number of pyridine rings is 1. The van der Waals surface area contributed by atoms with E-state index in [1.54, 1.807) is 6.07 Å². The van der Waals surface area contributed by atoms with Gasteiger partial charge in [0.15, 0.2) is 5.65 Å². The molecule has 0 aliphatic rings. The highest BCUT2D eigenvalue weighted by Gasteiger charge is 2.22. The number of hydrogen-bond acceptors (Lipinski definition) is 6. The van der Waals surface area contributed by atoms with Crippen molar-refractivity contribution < 1.29 is 5.11 Å². The second kappa shape index (κ2) is 6.18. The maximum absolute atomic E-state index is 10.6. The van der Waals surface area contributed by atoms with Gasteiger partial charge < -0.3 is 16.2 Å². The molecule has 0 saturated heterocycles. The van der Waals surface area contributed by atoms with Gasteiger partial charge in [-0.15, -0.1) is 0 Å². The molecule has 1 aromatic carbocycles. The van der Waals surface area contributed by atoms with Crippen LogP contribution in [-0.2, 0) is 5.60 Å². The summed E-state index contributed by atoms with van der Waals surface area (Å²) in [4.78, 5) is 12.5. The first-order valence-corrected chi connectivity index (χ1v) is 7.45. The van der Waals surface area contributed by atoms with E-state index in [2.05, 4.69) is 20.3 Å². The van der Waals surface area contributed by atoms with Crippen LogP contribution in [0.5, 0.6) is 0 Å². The lowest BCUT2D eigenvalue weighted by atomic mass is 9.93. The average molecular weight is 309 g/mol. The van der Waals surface area contributed by atoms with Gasteiger partial charge in [-0.25, -0.2) is 15.0 Å². The van der Waals surface area contributed by atoms with Crippen molar-refractivity contribution in [3.63, 3.8) is 0 Å². The topological polar surface area (TPSA) is 97.0 Å². The SMILES string of the molecule is CC(O)(CCNc1ncnc2nc(N)ccc12)c1ccccc1. The second-order valence-electron chi connectivity index (χ2n) is 5.65. The van der Waals surface area contributed by atoms with E-state index < -0.39 is 5.60 Å². The molecule has 0 fully saturated rings. The zero-order chi connectivity index (χ0) is 16.3. The van der Waals surface area contributed by atoms with E-state index in [0.717, 1.165) is 10.9 Å². The van der Waals surface area contributed by atoms with Crippen molar-refractivity contribution in [3.05, 3.63) is 54.4 Å². The molecular formula is C17H19N5O. The number of rotatable bonds is 5. The van der Waals surface area contributed by atoms with Crippen molar-refractivity contribution in [2.24, 2.45) is 0 Å². The van der Waals surface area contributed by atoms with Gasteiger partial charge >= 0.3 is 0 Å². The fourth-order valence-corrected chi connectivity index (χ4v) is 2.46. The number of anilines is 2. The lowest BCUT2D eigenvalue weighted by Gasteiger charge is -2.24. The lowest BCUT2D eigenvalue weighted by Crippen LogP contribution is -2.24. The van der Waals surface area contributed by atoms with Crippen molar-refractivity contribution in [2.45, 2.75) is 18.9 Å². The van der Waals surface area contributed by atoms with Gasteiger partial charge in [-0.3, -0.25) is 0 Å². The Kier molecular flexibility index (Phi) is 4.08. The first-order valence-electron chi connectivity index (χ1n) is 7.45. The molecule has 1 unspecified atom stereocenters. The molecule has 4 N–H and O–H groups in total. The summed E-state index contributed by atoms with van der Waals surface area (Å²) in [5, 5.41) is 14.7. The molecule has 3 rings (SSSR count). The Balaban J connectivity index is 1.72. The second-order valence-corrected chi connectivity index (χ2v) is 5.65. The molecule has 3 aromatic rings. The van der Waals surface area contributed by atoms with Crippen molar-refractivity contribution in [2.75, 3.05) is 17.6 Å². The Labute approximate surface area is 134 Å². The minimum atomic E-state index is -0.903. The van der Waals surface area contributed by atoms with Gasteiger partial charge in [0.2, 0.25) is 0 Å². The van der Waals surface area contributed by atoms with E-state index in [1.807, 2.05) is 43.3 Å². The molecule has 118 valence electrons. The van der Waals surface area contributed by atoms with Crippen molar-refractivity contribution in [3.8, 4) is 0 Å². The van der Waals surface area contributed by atoms with Crippen LogP contribution in [0, 0.1) is 0 Å². The Bertz CT molecular complexity index is 804. The van der Waals surface area contributed by atoms with E-state index >= 15 is 0 Å². The summed E-state index contributed by atoms with van der Waals surface area (Å²) in [5.41, 5.74) is 6.21. The quantitative estimate of drug-likeness (QED) is 0.669. The summed E-state index contributed by atoms with van der Waals surface area (Å²) in [5.74, 6) is 1.11. The van der Waals surface area contributed by atoms with Gasteiger partial charge in [-0.05, 0) is 31.0 Å². The summed E-state index contributed by atoms with van der Waals surface area (Å²) in [6.45, 7) is 2.38. The first kappa shape index (κ1) is 15.2. The molecular weight excluding hydrogens is 290 g/mol. The molecule has 0 spiro atoms. The third kappa shape index (κ3) is 3.37. The normalized spacial score (nSPS) is 13.7. The Morgan fingerprint density at radius 1 is 1.13 bits per heavy atom. The number of nitrogens with two attached hydrogens (primary N) is 1. The smallest absolute Gasteiger partial charge is 0.166 e. The number of aromatic nitrogens is 3. The van der Waals surface area contributed by atoms with Crippen LogP contribution >= 0.6 is 0 Å². The number of benzene rings is 1. The van der Waals surface area contributed by atoms with Gasteiger partial charge in [0, 0.05) is 6.54 Å². The predicted octanol–water partition coefficient (Wildman–Crippen LogP) is 2.32. The number of fused-ring (bicyclic) bond motifs is 1. The number of nitrogen functional groups attached to an aromatic ring is 1. The summed E-state index contributed by atoms with van der Waals surface area (Å²) < 4.78 is 0. The summed E-state index contributed by atoms with van der Waals surface area (Å²) in [7, 11) is 0. The Hall–Kier alpha value is -2.73. The van der Waals surface area contributed by atoms with Crippen LogP contribution in [0.4, 0.5) is 11.6 Å². The van der Waals surface area contributed by atoms with E-state index in [9.17, 15) is 5.11 Å². The van der Waals surface area contributed by atoms with Crippen LogP contribution in [0.3, 0.4) is 0 Å². The fourth-order valence-electron chi connectivity index (χ4n) is 2.46. The summed E-state index contributed by atoms with van der Waals surface area (Å²) >= 11 is 0. The van der Waals surface area contributed by atoms with E-state index in [-0.39, 0.29) is 0 Å². The minimum Gasteiger partial charge on any atom is -0.385 e. The number of nitrogens with one attached hydrogen (secondary N) is 1. The fraction of sp³-hybridized carbons (Fsp3) is 0.235. The zero-order valence-corrected chi connectivity index (χ0v) is 12.9. The van der Waals surface area contributed by atoms with Gasteiger partial charge in [0.1, 0.15) is 18.0 Å². The molecule has 0 aliphatic heterocycles. The molecule has 2 aromatic heterocycles. The largest absolute Gasteiger partial charge is 0.385 e. The van der Waals surface area contributed by atoms with Gasteiger partial charge in [0.05, 0.1) is 11.0 Å². The highest BCUT2D eigenvalue weighted by Crippen LogP contribution is 2.25. The number of hydrogen-bond donors (Lipinski definition) is 3. The monoisotopic (exact) mass is 309 g/mol. The maximum atomic E-state index is 10.6. The molecule has 6 heteroatoms. The van der Waals surface area contributed by atoms with Crippen LogP contribution < -0.4 is 11.1 Å². The zero-order valence-electron chi connectivity index (χ0n) is 12.9. The highest BCUT2D eigenvalue weighted by molar-refractivity contribution is 5.86. The Morgan fingerprint density at radius 3 is 2.70 bits per heavy atom. The van der Waals surface area contributed by atoms with Crippen LogP contribution in [0.1, 0.15) is 18.9 Å². The lowest BCUT2D eigenvalue weighted by molar-refractivity contribution is 0.0515. The van der Waals surface area contributed by atoms with Crippen LogP contribution in [0.25, 0.3) is 11.0 Å². The number of nitrogens with zero attached hydrogens (tertiary/aromatic N) is 3. The standard InChI is InChI=1S/C17H19N5O/c1-17(23,12-5-3-2-4-6-12)9-10-19-15-13-7-8-14(18)22-16(13)21-11-20-15/h2-8,11,23H,9-10H2,1H3,(H3,18,19,20,21,22). The molecule has 0 aliphatic carbocycles. The van der Waals surface area contributed by atoms with E-state index in [0.29, 0.717) is 30.2 Å². The third-order valence-corrected chi connectivity index (χ3v) is 3.82. The summed E-state index contributed by atoms with van der Waals surface area (Å²) in [6.07, 6.45) is 2.00. The minimum absolute atomic E-state index is 0.425. The highest BCUT2D eigenvalue weighted by atomic mass is 16.3. The van der Waals surface area contributed by atoms with Gasteiger partial charge in [-0.2, -0.15) is 0 Å². The molecule has 6 nitrogen and oxygen atoms in total.